The third kappa shape index (κ3) is 2.97. The predicted molar refractivity (Wildman–Crippen MR) is 103 cm³/mol. The van der Waals surface area contributed by atoms with Crippen LogP contribution >= 0.6 is 0 Å². The van der Waals surface area contributed by atoms with Gasteiger partial charge in [0.1, 0.15) is 23.3 Å². The third-order valence-corrected chi connectivity index (χ3v) is 5.91. The van der Waals surface area contributed by atoms with Crippen molar-refractivity contribution in [2.45, 2.75) is 76.6 Å². The molecule has 0 amide bonds. The van der Waals surface area contributed by atoms with E-state index in [1.165, 1.54) is 19.3 Å². The lowest BCUT2D eigenvalue weighted by Crippen LogP contribution is -2.49. The topological polar surface area (TPSA) is 115 Å². The Morgan fingerprint density at radius 1 is 1.29 bits per heavy atom. The van der Waals surface area contributed by atoms with Gasteiger partial charge in [-0.2, -0.15) is 4.98 Å². The van der Waals surface area contributed by atoms with Crippen molar-refractivity contribution in [3.8, 4) is 0 Å². The summed E-state index contributed by atoms with van der Waals surface area (Å²) >= 11 is 0. The average Bonchev–Trinajstić information content (AvgIpc) is 3.30. The number of aliphatic hydroxyl groups excluding tert-OH is 2. The van der Waals surface area contributed by atoms with Crippen molar-refractivity contribution < 1.29 is 19.7 Å². The zero-order valence-corrected chi connectivity index (χ0v) is 16.6. The second-order valence-corrected chi connectivity index (χ2v) is 7.75. The smallest absolute Gasteiger partial charge is 0.225 e. The summed E-state index contributed by atoms with van der Waals surface area (Å²) in [6.45, 7) is 6.39. The van der Waals surface area contributed by atoms with Crippen LogP contribution in [0.1, 0.15) is 51.5 Å². The molecule has 2 aromatic rings. The fraction of sp³-hybridized carbons (Fsp3) is 0.737. The monoisotopic (exact) mass is 391 g/mol. The van der Waals surface area contributed by atoms with E-state index in [9.17, 15) is 10.2 Å². The fourth-order valence-electron chi connectivity index (χ4n) is 4.17. The molecule has 3 N–H and O–H groups in total. The predicted octanol–water partition coefficient (Wildman–Crippen LogP) is 1.54. The minimum Gasteiger partial charge on any atom is -0.393 e. The number of imidazole rings is 1. The Hall–Kier alpha value is -1.81. The SMILES string of the molecule is CCCCCCNc1nc(C)c2ncn(C3O[C@@]4(CO)[C@H](C)O[C@@H]3[C@@H]4O)c2n1. The molecule has 0 spiro atoms. The average molecular weight is 391 g/mol. The van der Waals surface area contributed by atoms with E-state index in [-0.39, 0.29) is 12.7 Å². The first kappa shape index (κ1) is 19.5. The van der Waals surface area contributed by atoms with Gasteiger partial charge in [0.25, 0.3) is 0 Å². The maximum absolute atomic E-state index is 10.6. The number of hydrogen-bond donors (Lipinski definition) is 3. The molecule has 0 radical (unpaired) electrons. The lowest BCUT2D eigenvalue weighted by Gasteiger charge is -2.34. The van der Waals surface area contributed by atoms with Crippen molar-refractivity contribution in [1.82, 2.24) is 19.5 Å². The van der Waals surface area contributed by atoms with E-state index < -0.39 is 24.0 Å². The van der Waals surface area contributed by atoms with Gasteiger partial charge in [-0.1, -0.05) is 26.2 Å². The molecular weight excluding hydrogens is 362 g/mol. The molecule has 4 heterocycles. The lowest BCUT2D eigenvalue weighted by atomic mass is 9.95. The number of hydrogen-bond acceptors (Lipinski definition) is 8. The van der Waals surface area contributed by atoms with Crippen LogP contribution in [0, 0.1) is 6.92 Å². The summed E-state index contributed by atoms with van der Waals surface area (Å²) in [7, 11) is 0. The number of aryl methyl sites for hydroxylation is 1. The van der Waals surface area contributed by atoms with E-state index in [0.29, 0.717) is 17.1 Å². The van der Waals surface area contributed by atoms with Crippen molar-refractivity contribution in [2.75, 3.05) is 18.5 Å². The van der Waals surface area contributed by atoms with Crippen LogP contribution in [0.4, 0.5) is 5.95 Å². The molecular formula is C19H29N5O4. The van der Waals surface area contributed by atoms with Gasteiger partial charge >= 0.3 is 0 Å². The first-order valence-corrected chi connectivity index (χ1v) is 10.1. The Bertz CT molecular complexity index is 843. The molecule has 0 aromatic carbocycles. The van der Waals surface area contributed by atoms with E-state index in [4.69, 9.17) is 9.47 Å². The number of fused-ring (bicyclic) bond motifs is 3. The highest BCUT2D eigenvalue weighted by molar-refractivity contribution is 5.74. The standard InChI is InChI=1S/C19H29N5O4/c1-4-5-6-7-8-20-18-22-11(2)13-16(23-18)24(10-21-13)17-14-15(26)19(9-25,28-17)12(3)27-14/h10,12,14-15,17,25-26H,4-9H2,1-3H3,(H,20,22,23)/t12-,14+,15-,17?,19-/m0/s1. The summed E-state index contributed by atoms with van der Waals surface area (Å²) in [5.74, 6) is 0.554. The summed E-state index contributed by atoms with van der Waals surface area (Å²) < 4.78 is 13.7. The van der Waals surface area contributed by atoms with Gasteiger partial charge in [0, 0.05) is 6.54 Å². The minimum atomic E-state index is -1.12. The molecule has 9 heteroatoms. The molecule has 5 atom stereocenters. The van der Waals surface area contributed by atoms with Crippen LogP contribution in [0.25, 0.3) is 11.2 Å². The molecule has 154 valence electrons. The van der Waals surface area contributed by atoms with E-state index in [0.717, 1.165) is 18.7 Å². The van der Waals surface area contributed by atoms with Crippen LogP contribution in [-0.4, -0.2) is 66.8 Å². The highest BCUT2D eigenvalue weighted by Crippen LogP contribution is 2.48. The number of unbranched alkanes of at least 4 members (excludes halogenated alkanes) is 3. The van der Waals surface area contributed by atoms with E-state index in [1.54, 1.807) is 17.8 Å². The zero-order valence-electron chi connectivity index (χ0n) is 16.6. The van der Waals surface area contributed by atoms with Gasteiger partial charge in [0.15, 0.2) is 11.9 Å². The van der Waals surface area contributed by atoms with Crippen molar-refractivity contribution in [3.05, 3.63) is 12.0 Å². The molecule has 0 saturated carbocycles. The number of ether oxygens (including phenoxy) is 2. The number of aliphatic hydroxyl groups is 2. The summed E-state index contributed by atoms with van der Waals surface area (Å²) in [4.78, 5) is 13.6. The van der Waals surface area contributed by atoms with Crippen molar-refractivity contribution in [1.29, 1.82) is 0 Å². The summed E-state index contributed by atoms with van der Waals surface area (Å²) in [6.07, 6.45) is 3.82. The molecule has 1 unspecified atom stereocenters. The largest absolute Gasteiger partial charge is 0.393 e. The van der Waals surface area contributed by atoms with Gasteiger partial charge in [-0.25, -0.2) is 9.97 Å². The van der Waals surface area contributed by atoms with Crippen molar-refractivity contribution in [2.24, 2.45) is 0 Å². The van der Waals surface area contributed by atoms with Gasteiger partial charge in [-0.3, -0.25) is 4.57 Å². The second-order valence-electron chi connectivity index (χ2n) is 7.75. The van der Waals surface area contributed by atoms with Crippen molar-refractivity contribution >= 4 is 17.1 Å². The maximum Gasteiger partial charge on any atom is 0.225 e. The van der Waals surface area contributed by atoms with Crippen LogP contribution in [0.3, 0.4) is 0 Å². The minimum absolute atomic E-state index is 0.312. The van der Waals surface area contributed by atoms with Crippen LogP contribution < -0.4 is 5.32 Å². The molecule has 2 fully saturated rings. The molecule has 4 rings (SSSR count). The highest BCUT2D eigenvalue weighted by Gasteiger charge is 2.65. The van der Waals surface area contributed by atoms with Gasteiger partial charge < -0.3 is 25.0 Å². The van der Waals surface area contributed by atoms with Crippen LogP contribution in [0.5, 0.6) is 0 Å². The summed E-state index contributed by atoms with van der Waals surface area (Å²) in [6, 6.07) is 0. The molecule has 2 aliphatic rings. The number of anilines is 1. The van der Waals surface area contributed by atoms with E-state index in [2.05, 4.69) is 27.2 Å². The van der Waals surface area contributed by atoms with Crippen molar-refractivity contribution in [3.63, 3.8) is 0 Å². The second kappa shape index (κ2) is 7.55. The van der Waals surface area contributed by atoms with Gasteiger partial charge in [0.2, 0.25) is 5.95 Å². The fourth-order valence-corrected chi connectivity index (χ4v) is 4.17. The Balaban J connectivity index is 1.59. The Morgan fingerprint density at radius 2 is 2.11 bits per heavy atom. The zero-order chi connectivity index (χ0) is 19.9. The summed E-state index contributed by atoms with van der Waals surface area (Å²) in [5.41, 5.74) is 0.963. The van der Waals surface area contributed by atoms with E-state index in [1.807, 2.05) is 6.92 Å². The number of rotatable bonds is 8. The molecule has 0 aliphatic carbocycles. The number of nitrogens with zero attached hydrogens (tertiary/aromatic N) is 4. The van der Waals surface area contributed by atoms with Gasteiger partial charge in [0.05, 0.1) is 24.7 Å². The van der Waals surface area contributed by atoms with Crippen LogP contribution in [0.2, 0.25) is 0 Å². The highest BCUT2D eigenvalue weighted by atomic mass is 16.7. The number of aromatic nitrogens is 4. The van der Waals surface area contributed by atoms with E-state index >= 15 is 0 Å². The molecule has 28 heavy (non-hydrogen) atoms. The van der Waals surface area contributed by atoms with Gasteiger partial charge in [-0.15, -0.1) is 0 Å². The third-order valence-electron chi connectivity index (χ3n) is 5.91. The van der Waals surface area contributed by atoms with Crippen LogP contribution in [0.15, 0.2) is 6.33 Å². The van der Waals surface area contributed by atoms with Gasteiger partial charge in [-0.05, 0) is 20.3 Å². The van der Waals surface area contributed by atoms with Crippen LogP contribution in [-0.2, 0) is 9.47 Å². The molecule has 2 saturated heterocycles. The first-order chi connectivity index (χ1) is 13.5. The molecule has 2 bridgehead atoms. The number of nitrogens with one attached hydrogen (secondary N) is 1. The lowest BCUT2D eigenvalue weighted by molar-refractivity contribution is -0.216. The Kier molecular flexibility index (Phi) is 5.26. The maximum atomic E-state index is 10.6. The Labute approximate surface area is 164 Å². The Morgan fingerprint density at radius 3 is 2.82 bits per heavy atom. The first-order valence-electron chi connectivity index (χ1n) is 10.1. The molecule has 2 aromatic heterocycles. The summed E-state index contributed by atoms with van der Waals surface area (Å²) in [5, 5.41) is 23.7. The molecule has 9 nitrogen and oxygen atoms in total. The molecule has 2 aliphatic heterocycles. The normalized spacial score (nSPS) is 31.8. The quantitative estimate of drug-likeness (QED) is 0.581.